The lowest BCUT2D eigenvalue weighted by Crippen LogP contribution is -2.42. The van der Waals surface area contributed by atoms with Gasteiger partial charge in [0.15, 0.2) is 0 Å². The Hall–Kier alpha value is -2.63. The second-order valence-electron chi connectivity index (χ2n) is 7.32. The maximum atomic E-state index is 12.7. The summed E-state index contributed by atoms with van der Waals surface area (Å²) in [5.74, 6) is -3.38. The predicted molar refractivity (Wildman–Crippen MR) is 99.8 cm³/mol. The predicted octanol–water partition coefficient (Wildman–Crippen LogP) is 2.02. The third-order valence-corrected chi connectivity index (χ3v) is 5.44. The van der Waals surface area contributed by atoms with Crippen molar-refractivity contribution in [1.29, 1.82) is 0 Å². The molecule has 2 aliphatic carbocycles. The molecule has 3 rings (SSSR count). The van der Waals surface area contributed by atoms with Gasteiger partial charge in [-0.1, -0.05) is 43.5 Å². The van der Waals surface area contributed by atoms with Gasteiger partial charge in [-0.15, -0.1) is 0 Å². The summed E-state index contributed by atoms with van der Waals surface area (Å²) in [6, 6.07) is 6.99. The Kier molecular flexibility index (Phi) is 6.27. The minimum atomic E-state index is -1.22. The van der Waals surface area contributed by atoms with Crippen molar-refractivity contribution in [2.45, 2.75) is 51.0 Å². The molecule has 144 valence electrons. The molecule has 2 amide bonds. The van der Waals surface area contributed by atoms with Crippen molar-refractivity contribution in [3.8, 4) is 0 Å². The summed E-state index contributed by atoms with van der Waals surface area (Å²) in [5.41, 5.74) is 0.801. The van der Waals surface area contributed by atoms with Gasteiger partial charge < -0.3 is 20.5 Å². The highest BCUT2D eigenvalue weighted by Gasteiger charge is 2.30. The molecule has 0 unspecified atom stereocenters. The molecule has 0 bridgehead atoms. The lowest BCUT2D eigenvalue weighted by Gasteiger charge is -2.28. The highest BCUT2D eigenvalue weighted by atomic mass is 16.4. The van der Waals surface area contributed by atoms with Crippen LogP contribution in [-0.2, 0) is 9.59 Å². The van der Waals surface area contributed by atoms with Crippen molar-refractivity contribution < 1.29 is 19.5 Å². The molecule has 1 fully saturated rings. The molecule has 1 aromatic carbocycles. The van der Waals surface area contributed by atoms with Crippen molar-refractivity contribution in [3.05, 3.63) is 42.0 Å². The molecule has 0 saturated heterocycles. The van der Waals surface area contributed by atoms with Crippen LogP contribution in [0.15, 0.2) is 36.4 Å². The maximum Gasteiger partial charge on any atom is 0.253 e. The van der Waals surface area contributed by atoms with Gasteiger partial charge >= 0.3 is 0 Å². The van der Waals surface area contributed by atoms with E-state index in [4.69, 9.17) is 0 Å². The Balaban J connectivity index is 1.71. The van der Waals surface area contributed by atoms with Gasteiger partial charge in [0.25, 0.3) is 5.91 Å². The highest BCUT2D eigenvalue weighted by molar-refractivity contribution is 6.04. The number of amides is 2. The zero-order valence-corrected chi connectivity index (χ0v) is 15.3. The number of rotatable bonds is 5. The number of hydrogen-bond acceptors (Lipinski definition) is 4. The largest absolute Gasteiger partial charge is 0.550 e. The Morgan fingerprint density at radius 2 is 1.59 bits per heavy atom. The van der Waals surface area contributed by atoms with E-state index >= 15 is 0 Å². The molecule has 0 spiro atoms. The number of carbonyl (C=O) groups is 3. The van der Waals surface area contributed by atoms with Gasteiger partial charge in [0.1, 0.15) is 0 Å². The van der Waals surface area contributed by atoms with E-state index in [-0.39, 0.29) is 18.4 Å². The summed E-state index contributed by atoms with van der Waals surface area (Å²) in [6.07, 6.45) is 9.58. The quantitative estimate of drug-likeness (QED) is 0.776. The van der Waals surface area contributed by atoms with Crippen LogP contribution in [0.4, 0.5) is 5.69 Å². The van der Waals surface area contributed by atoms with E-state index in [1.807, 2.05) is 6.08 Å². The monoisotopic (exact) mass is 369 g/mol. The molecule has 2 atom stereocenters. The molecule has 0 radical (unpaired) electrons. The van der Waals surface area contributed by atoms with Crippen LogP contribution in [0.1, 0.15) is 55.3 Å². The second-order valence-corrected chi connectivity index (χ2v) is 7.32. The SMILES string of the molecule is O=C(NC1CCCCC1)c1ccccc1NC(=O)[C@H]1CC=CC[C@@H]1C(=O)[O-]. The molecule has 2 N–H and O–H groups in total. The number of aliphatic carboxylic acids is 1. The molecule has 1 aromatic rings. The van der Waals surface area contributed by atoms with Gasteiger partial charge in [-0.25, -0.2) is 0 Å². The van der Waals surface area contributed by atoms with E-state index < -0.39 is 23.7 Å². The van der Waals surface area contributed by atoms with Crippen LogP contribution in [0.3, 0.4) is 0 Å². The molecule has 0 aliphatic heterocycles. The van der Waals surface area contributed by atoms with E-state index in [0.717, 1.165) is 25.7 Å². The van der Waals surface area contributed by atoms with Gasteiger partial charge in [-0.3, -0.25) is 9.59 Å². The Morgan fingerprint density at radius 1 is 0.926 bits per heavy atom. The molecular formula is C21H25N2O4-. The lowest BCUT2D eigenvalue weighted by atomic mass is 9.82. The summed E-state index contributed by atoms with van der Waals surface area (Å²) in [6.45, 7) is 0. The number of hydrogen-bond donors (Lipinski definition) is 2. The average Bonchev–Trinajstić information content (AvgIpc) is 2.69. The molecular weight excluding hydrogens is 344 g/mol. The van der Waals surface area contributed by atoms with Crippen molar-refractivity contribution in [3.63, 3.8) is 0 Å². The molecule has 6 heteroatoms. The number of para-hydroxylation sites is 1. The topological polar surface area (TPSA) is 98.3 Å². The van der Waals surface area contributed by atoms with E-state index in [1.165, 1.54) is 6.42 Å². The van der Waals surface area contributed by atoms with E-state index in [2.05, 4.69) is 10.6 Å². The summed E-state index contributed by atoms with van der Waals surface area (Å²) in [5, 5.41) is 17.1. The smallest absolute Gasteiger partial charge is 0.253 e. The van der Waals surface area contributed by atoms with Gasteiger partial charge in [0, 0.05) is 17.9 Å². The first-order valence-electron chi connectivity index (χ1n) is 9.63. The number of allylic oxidation sites excluding steroid dienone is 2. The van der Waals surface area contributed by atoms with Gasteiger partial charge in [0.05, 0.1) is 17.2 Å². The van der Waals surface area contributed by atoms with Crippen LogP contribution < -0.4 is 15.7 Å². The minimum absolute atomic E-state index is 0.168. The van der Waals surface area contributed by atoms with Crippen molar-refractivity contribution >= 4 is 23.5 Å². The van der Waals surface area contributed by atoms with Crippen LogP contribution >= 0.6 is 0 Å². The molecule has 6 nitrogen and oxygen atoms in total. The van der Waals surface area contributed by atoms with E-state index in [1.54, 1.807) is 30.3 Å². The van der Waals surface area contributed by atoms with Gasteiger partial charge in [0.2, 0.25) is 5.91 Å². The molecule has 27 heavy (non-hydrogen) atoms. The number of nitrogens with one attached hydrogen (secondary N) is 2. The van der Waals surface area contributed by atoms with Crippen molar-refractivity contribution in [2.75, 3.05) is 5.32 Å². The number of carboxylic acid groups (broad SMARTS) is 1. The maximum absolute atomic E-state index is 12.7. The fourth-order valence-corrected chi connectivity index (χ4v) is 3.89. The van der Waals surface area contributed by atoms with E-state index in [0.29, 0.717) is 17.7 Å². The third-order valence-electron chi connectivity index (χ3n) is 5.44. The number of carboxylic acids is 1. The number of carbonyl (C=O) groups excluding carboxylic acids is 3. The van der Waals surface area contributed by atoms with Crippen LogP contribution in [0.5, 0.6) is 0 Å². The standard InChI is InChI=1S/C21H26N2O4/c24-19(15-10-4-5-11-16(15)21(26)27)23-18-13-7-6-12-17(18)20(25)22-14-8-2-1-3-9-14/h4-7,12-16H,1-3,8-11H2,(H,22,25)(H,23,24)(H,26,27)/p-1/t15-,16-/m0/s1. The summed E-state index contributed by atoms with van der Waals surface area (Å²) in [7, 11) is 0. The fourth-order valence-electron chi connectivity index (χ4n) is 3.89. The molecule has 1 saturated carbocycles. The van der Waals surface area contributed by atoms with Crippen LogP contribution in [0, 0.1) is 11.8 Å². The Morgan fingerprint density at radius 3 is 2.30 bits per heavy atom. The summed E-state index contributed by atoms with van der Waals surface area (Å²) in [4.78, 5) is 36.7. The van der Waals surface area contributed by atoms with Crippen LogP contribution in [-0.4, -0.2) is 23.8 Å². The Bertz CT molecular complexity index is 737. The fraction of sp³-hybridized carbons (Fsp3) is 0.476. The average molecular weight is 369 g/mol. The summed E-state index contributed by atoms with van der Waals surface area (Å²) < 4.78 is 0. The van der Waals surface area contributed by atoms with Gasteiger partial charge in [-0.2, -0.15) is 0 Å². The third kappa shape index (κ3) is 4.76. The van der Waals surface area contributed by atoms with Crippen molar-refractivity contribution in [2.24, 2.45) is 11.8 Å². The van der Waals surface area contributed by atoms with E-state index in [9.17, 15) is 19.5 Å². The zero-order valence-electron chi connectivity index (χ0n) is 15.3. The molecule has 0 heterocycles. The van der Waals surface area contributed by atoms with Crippen LogP contribution in [0.2, 0.25) is 0 Å². The Labute approximate surface area is 159 Å². The van der Waals surface area contributed by atoms with Crippen molar-refractivity contribution in [1.82, 2.24) is 5.32 Å². The minimum Gasteiger partial charge on any atom is -0.550 e. The first kappa shape index (κ1) is 19.1. The second kappa shape index (κ2) is 8.84. The summed E-state index contributed by atoms with van der Waals surface area (Å²) >= 11 is 0. The molecule has 2 aliphatic rings. The first-order valence-corrected chi connectivity index (χ1v) is 9.63. The zero-order chi connectivity index (χ0) is 19.2. The van der Waals surface area contributed by atoms with Crippen LogP contribution in [0.25, 0.3) is 0 Å². The lowest BCUT2D eigenvalue weighted by molar-refractivity contribution is -0.313. The number of anilines is 1. The normalized spacial score (nSPS) is 22.8. The number of benzene rings is 1. The molecule has 0 aromatic heterocycles. The first-order chi connectivity index (χ1) is 13.1. The van der Waals surface area contributed by atoms with Gasteiger partial charge in [-0.05, 0) is 37.8 Å². The highest BCUT2D eigenvalue weighted by Crippen LogP contribution is 2.27.